The van der Waals surface area contributed by atoms with E-state index in [0.29, 0.717) is 5.56 Å². The molecule has 1 rings (SSSR count). The Bertz CT molecular complexity index is 360. The van der Waals surface area contributed by atoms with Gasteiger partial charge in [-0.1, -0.05) is 59.7 Å². The van der Waals surface area contributed by atoms with Crippen molar-refractivity contribution in [3.05, 3.63) is 34.9 Å². The molecule has 2 heteroatoms. The molecule has 0 fully saturated rings. The van der Waals surface area contributed by atoms with Gasteiger partial charge in [0.25, 0.3) is 0 Å². The summed E-state index contributed by atoms with van der Waals surface area (Å²) in [4.78, 5) is 0. The lowest BCUT2D eigenvalue weighted by atomic mass is 9.79. The highest BCUT2D eigenvalue weighted by atomic mass is 16.5. The van der Waals surface area contributed by atoms with Crippen molar-refractivity contribution in [2.24, 2.45) is 0 Å². The normalized spacial score (nSPS) is 13.2. The fourth-order valence-electron chi connectivity index (χ4n) is 1.67. The summed E-state index contributed by atoms with van der Waals surface area (Å²) in [7, 11) is 0. The molecular formula is C15H24O2. The zero-order valence-electron chi connectivity index (χ0n) is 11.7. The van der Waals surface area contributed by atoms with Crippen LogP contribution in [0.25, 0.3) is 0 Å². The summed E-state index contributed by atoms with van der Waals surface area (Å²) in [5.41, 5.74) is 2.85. The van der Waals surface area contributed by atoms with Gasteiger partial charge in [-0.05, 0) is 22.0 Å². The van der Waals surface area contributed by atoms with Crippen LogP contribution in [0.15, 0.2) is 18.2 Å². The Morgan fingerprint density at radius 2 is 1.12 bits per heavy atom. The third-order valence-electron chi connectivity index (χ3n) is 2.99. The van der Waals surface area contributed by atoms with Crippen LogP contribution in [-0.4, -0.2) is 10.2 Å². The molecule has 0 heterocycles. The van der Waals surface area contributed by atoms with Crippen LogP contribution in [0, 0.1) is 0 Å². The van der Waals surface area contributed by atoms with Gasteiger partial charge in [0.1, 0.15) is 0 Å². The van der Waals surface area contributed by atoms with E-state index in [4.69, 9.17) is 0 Å². The number of rotatable bonds is 1. The summed E-state index contributed by atoms with van der Waals surface area (Å²) in [5, 5.41) is 18.7. The smallest absolute Gasteiger partial charge is 0.178 e. The van der Waals surface area contributed by atoms with Crippen LogP contribution in [0.5, 0.6) is 0 Å². The van der Waals surface area contributed by atoms with E-state index < -0.39 is 6.29 Å². The minimum Gasteiger partial charge on any atom is -0.364 e. The van der Waals surface area contributed by atoms with Crippen molar-refractivity contribution in [1.29, 1.82) is 0 Å². The number of hydrogen-bond donors (Lipinski definition) is 2. The van der Waals surface area contributed by atoms with Gasteiger partial charge in [-0.2, -0.15) is 0 Å². The van der Waals surface area contributed by atoms with E-state index in [-0.39, 0.29) is 10.8 Å². The first-order valence-electron chi connectivity index (χ1n) is 6.04. The molecule has 0 spiro atoms. The third-order valence-corrected chi connectivity index (χ3v) is 2.99. The van der Waals surface area contributed by atoms with Crippen LogP contribution in [0.1, 0.15) is 64.5 Å². The number of aliphatic hydroxyl groups excluding tert-OH is 1. The Balaban J connectivity index is 3.40. The van der Waals surface area contributed by atoms with E-state index in [0.717, 1.165) is 11.1 Å². The fraction of sp³-hybridized carbons (Fsp3) is 0.600. The minimum absolute atomic E-state index is 0.00486. The summed E-state index contributed by atoms with van der Waals surface area (Å²) in [6.07, 6.45) is -1.40. The summed E-state index contributed by atoms with van der Waals surface area (Å²) < 4.78 is 0. The Morgan fingerprint density at radius 3 is 1.35 bits per heavy atom. The predicted octanol–water partition coefficient (Wildman–Crippen LogP) is 3.26. The highest BCUT2D eigenvalue weighted by Crippen LogP contribution is 2.31. The topological polar surface area (TPSA) is 40.5 Å². The first-order chi connectivity index (χ1) is 7.51. The number of aliphatic hydroxyl groups is 2. The summed E-state index contributed by atoms with van der Waals surface area (Å²) in [6.45, 7) is 12.8. The van der Waals surface area contributed by atoms with E-state index >= 15 is 0 Å². The largest absolute Gasteiger partial charge is 0.364 e. The zero-order chi connectivity index (χ0) is 13.4. The molecule has 0 aliphatic heterocycles. The molecule has 0 aliphatic rings. The van der Waals surface area contributed by atoms with Crippen molar-refractivity contribution in [2.75, 3.05) is 0 Å². The molecule has 0 saturated heterocycles. The van der Waals surface area contributed by atoms with Crippen molar-refractivity contribution >= 4 is 0 Å². The second-order valence-corrected chi connectivity index (χ2v) is 6.72. The molecule has 0 amide bonds. The van der Waals surface area contributed by atoms with Crippen molar-refractivity contribution < 1.29 is 10.2 Å². The van der Waals surface area contributed by atoms with Crippen LogP contribution in [0.2, 0.25) is 0 Å². The molecule has 0 saturated carbocycles. The average Bonchev–Trinajstić information content (AvgIpc) is 2.14. The van der Waals surface area contributed by atoms with E-state index in [1.54, 1.807) is 0 Å². The van der Waals surface area contributed by atoms with Crippen LogP contribution >= 0.6 is 0 Å². The molecule has 0 radical (unpaired) electrons. The van der Waals surface area contributed by atoms with Crippen molar-refractivity contribution in [2.45, 2.75) is 58.7 Å². The molecule has 2 N–H and O–H groups in total. The second kappa shape index (κ2) is 4.43. The molecule has 1 aromatic carbocycles. The maximum Gasteiger partial charge on any atom is 0.178 e. The van der Waals surface area contributed by atoms with Crippen LogP contribution < -0.4 is 0 Å². The van der Waals surface area contributed by atoms with Crippen molar-refractivity contribution in [3.8, 4) is 0 Å². The molecule has 0 unspecified atom stereocenters. The van der Waals surface area contributed by atoms with Gasteiger partial charge >= 0.3 is 0 Å². The summed E-state index contributed by atoms with van der Waals surface area (Å²) in [6, 6.07) is 5.91. The molecule has 0 bridgehead atoms. The van der Waals surface area contributed by atoms with Gasteiger partial charge in [0.15, 0.2) is 6.29 Å². The van der Waals surface area contributed by atoms with Gasteiger partial charge < -0.3 is 10.2 Å². The van der Waals surface area contributed by atoms with E-state index in [1.165, 1.54) is 0 Å². The van der Waals surface area contributed by atoms with Gasteiger partial charge in [-0.25, -0.2) is 0 Å². The van der Waals surface area contributed by atoms with E-state index in [1.807, 2.05) is 12.1 Å². The molecule has 96 valence electrons. The Kier molecular flexibility index (Phi) is 3.70. The van der Waals surface area contributed by atoms with Crippen molar-refractivity contribution in [1.82, 2.24) is 0 Å². The molecule has 2 nitrogen and oxygen atoms in total. The quantitative estimate of drug-likeness (QED) is 0.735. The average molecular weight is 236 g/mol. The Hall–Kier alpha value is -0.860. The zero-order valence-corrected chi connectivity index (χ0v) is 11.7. The van der Waals surface area contributed by atoms with Gasteiger partial charge in [0.2, 0.25) is 0 Å². The van der Waals surface area contributed by atoms with Gasteiger partial charge in [-0.3, -0.25) is 0 Å². The third kappa shape index (κ3) is 3.55. The Labute approximate surface area is 104 Å². The van der Waals surface area contributed by atoms with E-state index in [2.05, 4.69) is 47.6 Å². The Morgan fingerprint density at radius 1 is 0.765 bits per heavy atom. The lowest BCUT2D eigenvalue weighted by Gasteiger charge is -2.26. The van der Waals surface area contributed by atoms with Gasteiger partial charge in [0.05, 0.1) is 0 Å². The van der Waals surface area contributed by atoms with Crippen molar-refractivity contribution in [3.63, 3.8) is 0 Å². The SMILES string of the molecule is CC(C)(C)c1cc(C(O)O)cc(C(C)(C)C)c1. The maximum absolute atomic E-state index is 9.36. The first kappa shape index (κ1) is 14.2. The molecule has 0 aliphatic carbocycles. The van der Waals surface area contributed by atoms with E-state index in [9.17, 15) is 10.2 Å². The predicted molar refractivity (Wildman–Crippen MR) is 71.0 cm³/mol. The van der Waals surface area contributed by atoms with Crippen LogP contribution in [-0.2, 0) is 10.8 Å². The number of benzene rings is 1. The molecule has 0 aromatic heterocycles. The lowest BCUT2D eigenvalue weighted by molar-refractivity contribution is -0.0426. The summed E-state index contributed by atoms with van der Waals surface area (Å²) >= 11 is 0. The molecule has 1 aromatic rings. The molecule has 17 heavy (non-hydrogen) atoms. The van der Waals surface area contributed by atoms with Crippen LogP contribution in [0.4, 0.5) is 0 Å². The first-order valence-corrected chi connectivity index (χ1v) is 6.04. The highest BCUT2D eigenvalue weighted by molar-refractivity contribution is 5.37. The molecule has 0 atom stereocenters. The summed E-state index contributed by atoms with van der Waals surface area (Å²) in [5.74, 6) is 0. The lowest BCUT2D eigenvalue weighted by Crippen LogP contribution is -2.17. The fourth-order valence-corrected chi connectivity index (χ4v) is 1.67. The highest BCUT2D eigenvalue weighted by Gasteiger charge is 2.21. The second-order valence-electron chi connectivity index (χ2n) is 6.72. The minimum atomic E-state index is -1.40. The monoisotopic (exact) mass is 236 g/mol. The number of hydrogen-bond acceptors (Lipinski definition) is 2. The van der Waals surface area contributed by atoms with Crippen LogP contribution in [0.3, 0.4) is 0 Å². The van der Waals surface area contributed by atoms with Gasteiger partial charge in [0, 0.05) is 5.56 Å². The standard InChI is InChI=1S/C15H24O2/c1-14(2,3)11-7-10(13(16)17)8-12(9-11)15(4,5)6/h7-9,13,16-17H,1-6H3. The van der Waals surface area contributed by atoms with Gasteiger partial charge in [-0.15, -0.1) is 0 Å². The maximum atomic E-state index is 9.36. The molecular weight excluding hydrogens is 212 g/mol.